The second kappa shape index (κ2) is 5.83. The zero-order chi connectivity index (χ0) is 15.9. The van der Waals surface area contributed by atoms with E-state index in [1.807, 2.05) is 12.1 Å². The Balaban J connectivity index is 1.72. The summed E-state index contributed by atoms with van der Waals surface area (Å²) in [4.78, 5) is 37.4. The van der Waals surface area contributed by atoms with Crippen LogP contribution in [0, 0.1) is 5.92 Å². The van der Waals surface area contributed by atoms with Gasteiger partial charge in [-0.1, -0.05) is 22.0 Å². The van der Waals surface area contributed by atoms with E-state index in [9.17, 15) is 14.4 Å². The predicted molar refractivity (Wildman–Crippen MR) is 84.1 cm³/mol. The zero-order valence-corrected chi connectivity index (χ0v) is 13.9. The summed E-state index contributed by atoms with van der Waals surface area (Å²) in [5.74, 6) is -2.34. The summed E-state index contributed by atoms with van der Waals surface area (Å²) in [7, 11) is 0. The van der Waals surface area contributed by atoms with Crippen molar-refractivity contribution in [3.63, 3.8) is 0 Å². The Morgan fingerprint density at radius 2 is 2.18 bits per heavy atom. The standard InChI is InChI=1S/C16H17BrN2O3/c1-2-19-8-12(14(20)16(19)22)15(21)18-13-6-3-9-7-10(17)4-5-11(9)13/h4-5,7,12-13H,2-3,6,8H2,1H3,(H,18,21)/t12?,13-/m1/s1. The molecule has 0 radical (unpaired) electrons. The molecule has 1 aromatic rings. The van der Waals surface area contributed by atoms with E-state index in [0.717, 1.165) is 22.9 Å². The summed E-state index contributed by atoms with van der Waals surface area (Å²) in [6.45, 7) is 2.45. The molecule has 22 heavy (non-hydrogen) atoms. The molecule has 1 unspecified atom stereocenters. The molecule has 1 aliphatic carbocycles. The van der Waals surface area contributed by atoms with Crippen molar-refractivity contribution in [3.05, 3.63) is 33.8 Å². The van der Waals surface area contributed by atoms with Crippen LogP contribution in [0.4, 0.5) is 0 Å². The van der Waals surface area contributed by atoms with Crippen molar-refractivity contribution in [2.24, 2.45) is 5.92 Å². The summed E-state index contributed by atoms with van der Waals surface area (Å²) in [6, 6.07) is 5.93. The van der Waals surface area contributed by atoms with Crippen LogP contribution in [-0.2, 0) is 20.8 Å². The monoisotopic (exact) mass is 364 g/mol. The smallest absolute Gasteiger partial charge is 0.290 e. The van der Waals surface area contributed by atoms with Crippen molar-refractivity contribution in [1.29, 1.82) is 0 Å². The van der Waals surface area contributed by atoms with E-state index in [1.165, 1.54) is 10.5 Å². The second-order valence-electron chi connectivity index (χ2n) is 5.70. The lowest BCUT2D eigenvalue weighted by molar-refractivity contribution is -0.142. The van der Waals surface area contributed by atoms with Crippen LogP contribution < -0.4 is 5.32 Å². The largest absolute Gasteiger partial charge is 0.349 e. The number of halogens is 1. The van der Waals surface area contributed by atoms with Gasteiger partial charge in [-0.25, -0.2) is 0 Å². The molecule has 1 saturated heterocycles. The van der Waals surface area contributed by atoms with Crippen LogP contribution in [0.25, 0.3) is 0 Å². The first-order chi connectivity index (χ1) is 10.5. The number of benzene rings is 1. The van der Waals surface area contributed by atoms with Crippen LogP contribution in [0.1, 0.15) is 30.5 Å². The summed E-state index contributed by atoms with van der Waals surface area (Å²) >= 11 is 3.44. The Bertz CT molecular complexity index is 659. The summed E-state index contributed by atoms with van der Waals surface area (Å²) < 4.78 is 1.02. The van der Waals surface area contributed by atoms with Crippen molar-refractivity contribution in [2.75, 3.05) is 13.1 Å². The van der Waals surface area contributed by atoms with Crippen LogP contribution in [0.3, 0.4) is 0 Å². The highest BCUT2D eigenvalue weighted by Crippen LogP contribution is 2.33. The Morgan fingerprint density at radius 1 is 1.41 bits per heavy atom. The number of fused-ring (bicyclic) bond motifs is 1. The molecule has 2 aliphatic rings. The van der Waals surface area contributed by atoms with E-state index >= 15 is 0 Å². The summed E-state index contributed by atoms with van der Waals surface area (Å²) in [5.41, 5.74) is 2.31. The number of hydrogen-bond acceptors (Lipinski definition) is 3. The third-order valence-electron chi connectivity index (χ3n) is 4.41. The van der Waals surface area contributed by atoms with Gasteiger partial charge in [0.05, 0.1) is 6.04 Å². The van der Waals surface area contributed by atoms with E-state index in [1.54, 1.807) is 6.92 Å². The van der Waals surface area contributed by atoms with Crippen molar-refractivity contribution in [3.8, 4) is 0 Å². The SMILES string of the molecule is CCN1CC(C(=O)N[C@@H]2CCc3cc(Br)ccc32)C(=O)C1=O. The maximum absolute atomic E-state index is 12.4. The van der Waals surface area contributed by atoms with Crippen molar-refractivity contribution in [2.45, 2.75) is 25.8 Å². The summed E-state index contributed by atoms with van der Waals surface area (Å²) in [6.07, 6.45) is 1.72. The molecule has 2 atom stereocenters. The first-order valence-electron chi connectivity index (χ1n) is 7.43. The van der Waals surface area contributed by atoms with Gasteiger partial charge in [-0.05, 0) is 43.0 Å². The first kappa shape index (κ1) is 15.2. The molecule has 1 aliphatic heterocycles. The molecule has 0 spiro atoms. The Hall–Kier alpha value is -1.69. The minimum Gasteiger partial charge on any atom is -0.349 e. The van der Waals surface area contributed by atoms with Crippen molar-refractivity contribution < 1.29 is 14.4 Å². The number of ketones is 1. The first-order valence-corrected chi connectivity index (χ1v) is 8.22. The quantitative estimate of drug-likeness (QED) is 0.654. The molecule has 6 heteroatoms. The molecule has 5 nitrogen and oxygen atoms in total. The highest BCUT2D eigenvalue weighted by Gasteiger charge is 2.43. The Labute approximate surface area is 137 Å². The lowest BCUT2D eigenvalue weighted by Gasteiger charge is -2.17. The van der Waals surface area contributed by atoms with Crippen LogP contribution >= 0.6 is 15.9 Å². The van der Waals surface area contributed by atoms with Crippen LogP contribution in [0.5, 0.6) is 0 Å². The predicted octanol–water partition coefficient (Wildman–Crippen LogP) is 1.60. The van der Waals surface area contributed by atoms with Gasteiger partial charge >= 0.3 is 0 Å². The van der Waals surface area contributed by atoms with Gasteiger partial charge in [-0.2, -0.15) is 0 Å². The van der Waals surface area contributed by atoms with Crippen molar-refractivity contribution in [1.82, 2.24) is 10.2 Å². The maximum Gasteiger partial charge on any atom is 0.290 e. The zero-order valence-electron chi connectivity index (χ0n) is 12.3. The van der Waals surface area contributed by atoms with Gasteiger partial charge < -0.3 is 10.2 Å². The third kappa shape index (κ3) is 2.56. The average molecular weight is 365 g/mol. The number of hydrogen-bond donors (Lipinski definition) is 1. The molecular weight excluding hydrogens is 348 g/mol. The third-order valence-corrected chi connectivity index (χ3v) is 4.91. The average Bonchev–Trinajstić information content (AvgIpc) is 3.01. The van der Waals surface area contributed by atoms with Gasteiger partial charge in [0.15, 0.2) is 0 Å². The molecule has 1 aromatic carbocycles. The van der Waals surface area contributed by atoms with E-state index < -0.39 is 17.6 Å². The van der Waals surface area contributed by atoms with E-state index in [0.29, 0.717) is 6.54 Å². The topological polar surface area (TPSA) is 66.5 Å². The molecule has 2 amide bonds. The fourth-order valence-electron chi connectivity index (χ4n) is 3.17. The van der Waals surface area contributed by atoms with E-state index in [2.05, 4.69) is 27.3 Å². The molecule has 1 fully saturated rings. The number of Topliss-reactive ketones (excluding diaryl/α,β-unsaturated/α-hetero) is 1. The van der Waals surface area contributed by atoms with Gasteiger partial charge in [-0.15, -0.1) is 0 Å². The maximum atomic E-state index is 12.4. The van der Waals surface area contributed by atoms with Gasteiger partial charge in [0.25, 0.3) is 5.91 Å². The highest BCUT2D eigenvalue weighted by molar-refractivity contribution is 9.10. The fraction of sp³-hybridized carbons (Fsp3) is 0.438. The van der Waals surface area contributed by atoms with Gasteiger partial charge in [0.2, 0.25) is 11.7 Å². The van der Waals surface area contributed by atoms with Crippen LogP contribution in [0.15, 0.2) is 22.7 Å². The number of aryl methyl sites for hydroxylation is 1. The number of rotatable bonds is 3. The molecule has 0 saturated carbocycles. The van der Waals surface area contributed by atoms with E-state index in [4.69, 9.17) is 0 Å². The molecule has 0 aromatic heterocycles. The molecule has 116 valence electrons. The van der Waals surface area contributed by atoms with Gasteiger partial charge in [0, 0.05) is 17.6 Å². The highest BCUT2D eigenvalue weighted by atomic mass is 79.9. The number of nitrogens with zero attached hydrogens (tertiary/aromatic N) is 1. The number of carbonyl (C=O) groups excluding carboxylic acids is 3. The van der Waals surface area contributed by atoms with Crippen molar-refractivity contribution >= 4 is 33.5 Å². The second-order valence-corrected chi connectivity index (χ2v) is 6.62. The lowest BCUT2D eigenvalue weighted by atomic mass is 10.0. The number of amides is 2. The Kier molecular flexibility index (Phi) is 4.04. The van der Waals surface area contributed by atoms with Crippen LogP contribution in [-0.4, -0.2) is 35.6 Å². The number of nitrogens with one attached hydrogen (secondary N) is 1. The number of carbonyl (C=O) groups is 3. The normalized spacial score (nSPS) is 23.8. The van der Waals surface area contributed by atoms with Gasteiger partial charge in [0.1, 0.15) is 5.92 Å². The Morgan fingerprint density at radius 3 is 2.86 bits per heavy atom. The molecular formula is C16H17BrN2O3. The number of likely N-dealkylation sites (N-methyl/N-ethyl adjacent to an activating group) is 1. The fourth-order valence-corrected chi connectivity index (χ4v) is 3.58. The molecule has 1 N–H and O–H groups in total. The molecule has 3 rings (SSSR count). The lowest BCUT2D eigenvalue weighted by Crippen LogP contribution is -2.37. The molecule has 1 heterocycles. The van der Waals surface area contributed by atoms with Crippen LogP contribution in [0.2, 0.25) is 0 Å². The molecule has 0 bridgehead atoms. The van der Waals surface area contributed by atoms with E-state index in [-0.39, 0.29) is 18.5 Å². The summed E-state index contributed by atoms with van der Waals surface area (Å²) in [5, 5.41) is 2.94. The minimum atomic E-state index is -0.869. The number of likely N-dealkylation sites (tertiary alicyclic amines) is 1. The minimum absolute atomic E-state index is 0.0748. The van der Waals surface area contributed by atoms with Gasteiger partial charge in [-0.3, -0.25) is 14.4 Å².